The van der Waals surface area contributed by atoms with Crippen LogP contribution in [0.1, 0.15) is 24.8 Å². The fourth-order valence-electron chi connectivity index (χ4n) is 2.09. The number of hydrogen-bond acceptors (Lipinski definition) is 1. The first kappa shape index (κ1) is 17.0. The van der Waals surface area contributed by atoms with Gasteiger partial charge in [0.05, 0.1) is 0 Å². The molecule has 0 radical (unpaired) electrons. The van der Waals surface area contributed by atoms with Crippen molar-refractivity contribution < 1.29 is 4.74 Å². The molecular weight excluding hydrogens is 366 g/mol. The molecule has 19 heavy (non-hydrogen) atoms. The number of ether oxygens (including phenoxy) is 1. The summed E-state index contributed by atoms with van der Waals surface area (Å²) in [4.78, 5) is 0. The molecule has 1 rings (SSSR count). The Morgan fingerprint density at radius 2 is 1.79 bits per heavy atom. The monoisotopic (exact) mass is 392 g/mol. The predicted molar refractivity (Wildman–Crippen MR) is 86.2 cm³/mol. The van der Waals surface area contributed by atoms with E-state index in [0.717, 1.165) is 6.61 Å². The quantitative estimate of drug-likeness (QED) is 0.355. The van der Waals surface area contributed by atoms with Crippen LogP contribution >= 0.6 is 0 Å². The van der Waals surface area contributed by atoms with E-state index < -0.39 is 0 Å². The molecule has 0 fully saturated rings. The van der Waals surface area contributed by atoms with E-state index in [-0.39, 0.29) is 0 Å². The summed E-state index contributed by atoms with van der Waals surface area (Å²) < 4.78 is 5.50. The summed E-state index contributed by atoms with van der Waals surface area (Å²) in [7, 11) is 1.74. The van der Waals surface area contributed by atoms with Crippen LogP contribution in [0.5, 0.6) is 0 Å². The van der Waals surface area contributed by atoms with Crippen molar-refractivity contribution in [2.75, 3.05) is 13.7 Å². The van der Waals surface area contributed by atoms with E-state index in [4.69, 9.17) is 4.74 Å². The summed E-state index contributed by atoms with van der Waals surface area (Å²) in [6.07, 6.45) is 8.15. The number of allylic oxidation sites excluding steroid dienone is 1. The fourth-order valence-corrected chi connectivity index (χ4v) is 7.28. The summed E-state index contributed by atoms with van der Waals surface area (Å²) in [6.45, 7) is 0.735. The van der Waals surface area contributed by atoms with Crippen LogP contribution in [0.15, 0.2) is 42.5 Å². The Labute approximate surface area is 130 Å². The first-order valence-electron chi connectivity index (χ1n) is 6.59. The number of benzene rings is 1. The molecule has 0 bridgehead atoms. The van der Waals surface area contributed by atoms with Crippen molar-refractivity contribution >= 4 is 29.9 Å². The summed E-state index contributed by atoms with van der Waals surface area (Å²) in [5, 5.41) is 0. The molecule has 3 heteroatoms. The van der Waals surface area contributed by atoms with Gasteiger partial charge in [-0.25, -0.2) is 0 Å². The molecule has 0 aromatic heterocycles. The summed E-state index contributed by atoms with van der Waals surface area (Å²) in [6, 6.07) is 11.1. The number of methoxy groups -OCH3 is 1. The van der Waals surface area contributed by atoms with Gasteiger partial charge in [0.15, 0.2) is 0 Å². The molecule has 1 nitrogen and oxygen atoms in total. The van der Waals surface area contributed by atoms with Gasteiger partial charge in [-0.2, -0.15) is 0 Å². The number of rotatable bonds is 9. The van der Waals surface area contributed by atoms with E-state index in [1.54, 1.807) is 12.7 Å². The van der Waals surface area contributed by atoms with Crippen LogP contribution in [0.4, 0.5) is 0 Å². The third-order valence-electron chi connectivity index (χ3n) is 3.18. The van der Waals surface area contributed by atoms with Crippen LogP contribution in [-0.4, -0.2) is 43.6 Å². The number of hydrogen-bond donors (Lipinski definition) is 0. The Hall–Kier alpha value is -0.0410. The minimum absolute atomic E-state index is 0.482. The van der Waals surface area contributed by atoms with Crippen molar-refractivity contribution in [3.63, 3.8) is 0 Å². The Bertz CT molecular complexity index is 358. The molecule has 0 spiro atoms. The molecule has 0 amide bonds. The fraction of sp³-hybridized carbons (Fsp3) is 0.500. The van der Waals surface area contributed by atoms with Gasteiger partial charge in [0.1, 0.15) is 0 Å². The van der Waals surface area contributed by atoms with Gasteiger partial charge in [-0.3, -0.25) is 0 Å². The van der Waals surface area contributed by atoms with Crippen LogP contribution in [-0.2, 0) is 7.95 Å². The number of unbranched alkanes of at least 4 members (excludes halogenated alkanes) is 1. The van der Waals surface area contributed by atoms with Crippen molar-refractivity contribution in [3.05, 3.63) is 48.0 Å². The second kappa shape index (κ2) is 9.80. The SMILES string of the molecule is COC/C=C\CCCC([Se]C)([Se]C)c1ccccc1. The van der Waals surface area contributed by atoms with Crippen molar-refractivity contribution in [2.45, 2.75) is 34.1 Å². The first-order valence-corrected chi connectivity index (χ1v) is 11.7. The van der Waals surface area contributed by atoms with Crippen LogP contribution in [0.25, 0.3) is 0 Å². The second-order valence-corrected chi connectivity index (χ2v) is 10.3. The normalized spacial score (nSPS) is 12.2. The van der Waals surface area contributed by atoms with E-state index in [1.807, 2.05) is 0 Å². The van der Waals surface area contributed by atoms with E-state index in [1.165, 1.54) is 19.3 Å². The van der Waals surface area contributed by atoms with Crippen molar-refractivity contribution in [1.82, 2.24) is 0 Å². The molecule has 0 aliphatic rings. The minimum atomic E-state index is 0.482. The Balaban J connectivity index is 2.58. The van der Waals surface area contributed by atoms with E-state index in [2.05, 4.69) is 54.1 Å². The zero-order valence-electron chi connectivity index (χ0n) is 12.1. The van der Waals surface area contributed by atoms with Crippen LogP contribution < -0.4 is 0 Å². The maximum absolute atomic E-state index is 5.02. The Morgan fingerprint density at radius 3 is 2.37 bits per heavy atom. The predicted octanol–water partition coefficient (Wildman–Crippen LogP) is 3.72. The van der Waals surface area contributed by atoms with Gasteiger partial charge in [0.2, 0.25) is 0 Å². The van der Waals surface area contributed by atoms with Gasteiger partial charge in [-0.05, 0) is 0 Å². The molecule has 0 saturated heterocycles. The molecule has 0 aliphatic carbocycles. The summed E-state index contributed by atoms with van der Waals surface area (Å²) in [5.41, 5.74) is 1.56. The van der Waals surface area contributed by atoms with Gasteiger partial charge in [0, 0.05) is 0 Å². The molecule has 1 aromatic rings. The zero-order valence-corrected chi connectivity index (χ0v) is 15.5. The topological polar surface area (TPSA) is 9.23 Å². The van der Waals surface area contributed by atoms with E-state index in [0.29, 0.717) is 33.1 Å². The van der Waals surface area contributed by atoms with E-state index >= 15 is 0 Å². The van der Waals surface area contributed by atoms with Crippen molar-refractivity contribution in [2.24, 2.45) is 0 Å². The van der Waals surface area contributed by atoms with Gasteiger partial charge in [-0.15, -0.1) is 0 Å². The molecular formula is C16H24OSe2. The molecule has 0 saturated carbocycles. The molecule has 0 unspecified atom stereocenters. The van der Waals surface area contributed by atoms with Crippen LogP contribution in [0, 0.1) is 0 Å². The van der Waals surface area contributed by atoms with Crippen LogP contribution in [0.3, 0.4) is 0 Å². The second-order valence-electron chi connectivity index (χ2n) is 4.35. The van der Waals surface area contributed by atoms with Gasteiger partial charge < -0.3 is 0 Å². The summed E-state index contributed by atoms with van der Waals surface area (Å²) in [5.74, 6) is 4.79. The zero-order chi connectivity index (χ0) is 14.0. The van der Waals surface area contributed by atoms with Crippen molar-refractivity contribution in [1.29, 1.82) is 0 Å². The first-order chi connectivity index (χ1) is 9.29. The Kier molecular flexibility index (Phi) is 8.77. The van der Waals surface area contributed by atoms with Crippen molar-refractivity contribution in [3.8, 4) is 0 Å². The summed E-state index contributed by atoms with van der Waals surface area (Å²) >= 11 is 1.33. The maximum atomic E-state index is 5.02. The molecule has 106 valence electrons. The molecule has 1 aromatic carbocycles. The third kappa shape index (κ3) is 5.45. The standard InChI is InChI=1S/C16H24OSe2/c1-17-14-10-5-4-9-13-16(18-2,19-3)15-11-7-6-8-12-15/h5-8,10-12H,4,9,13-14H2,1-3H3/b10-5-. The molecule has 0 aliphatic heterocycles. The Morgan fingerprint density at radius 1 is 1.11 bits per heavy atom. The average Bonchev–Trinajstić information content (AvgIpc) is 2.48. The van der Waals surface area contributed by atoms with Gasteiger partial charge in [0.25, 0.3) is 0 Å². The van der Waals surface area contributed by atoms with Gasteiger partial charge in [-0.1, -0.05) is 0 Å². The van der Waals surface area contributed by atoms with Crippen LogP contribution in [0.2, 0.25) is 11.6 Å². The van der Waals surface area contributed by atoms with Gasteiger partial charge >= 0.3 is 131 Å². The van der Waals surface area contributed by atoms with E-state index in [9.17, 15) is 0 Å². The third-order valence-corrected chi connectivity index (χ3v) is 11.4. The molecule has 0 atom stereocenters. The average molecular weight is 390 g/mol. The molecule has 0 heterocycles. The molecule has 0 N–H and O–H groups in total.